The Balaban J connectivity index is 1.95. The van der Waals surface area contributed by atoms with E-state index in [0.29, 0.717) is 0 Å². The Bertz CT molecular complexity index is 1060. The summed E-state index contributed by atoms with van der Waals surface area (Å²) in [6.07, 6.45) is 0. The van der Waals surface area contributed by atoms with Gasteiger partial charge in [-0.15, -0.1) is 0 Å². The zero-order chi connectivity index (χ0) is 20.9. The molecule has 0 saturated carbocycles. The minimum atomic E-state index is 0.195. The van der Waals surface area contributed by atoms with Crippen molar-refractivity contribution in [2.24, 2.45) is 0 Å². The smallest absolute Gasteiger partial charge is 0.118 e. The maximum Gasteiger partial charge on any atom is 0.118 e. The van der Waals surface area contributed by atoms with E-state index in [1.165, 1.54) is 33.4 Å². The third-order valence-electron chi connectivity index (χ3n) is 5.73. The van der Waals surface area contributed by atoms with Crippen molar-refractivity contribution in [3.05, 3.63) is 137 Å². The Morgan fingerprint density at radius 2 is 0.933 bits per heavy atom. The van der Waals surface area contributed by atoms with Crippen LogP contribution < -0.4 is 4.74 Å². The van der Waals surface area contributed by atoms with Crippen molar-refractivity contribution in [3.63, 3.8) is 0 Å². The molecular weight excluding hydrogens is 364 g/mol. The van der Waals surface area contributed by atoms with Gasteiger partial charge in [-0.05, 0) is 48.2 Å². The molecule has 1 heteroatoms. The average Bonchev–Trinajstić information content (AvgIpc) is 2.78. The summed E-state index contributed by atoms with van der Waals surface area (Å²) >= 11 is 0. The van der Waals surface area contributed by atoms with Crippen LogP contribution in [0.3, 0.4) is 0 Å². The second-order valence-electron chi connectivity index (χ2n) is 7.97. The normalized spacial score (nSPS) is 12.9. The molecule has 0 aliphatic heterocycles. The lowest BCUT2D eigenvalue weighted by Crippen LogP contribution is -2.15. The molecule has 1 nitrogen and oxygen atoms in total. The lowest BCUT2D eigenvalue weighted by Gasteiger charge is -2.30. The molecule has 30 heavy (non-hydrogen) atoms. The second kappa shape index (κ2) is 9.00. The maximum atomic E-state index is 5.42. The Kier molecular flexibility index (Phi) is 5.99. The number of hydrogen-bond donors (Lipinski definition) is 0. The van der Waals surface area contributed by atoms with Crippen LogP contribution in [-0.4, -0.2) is 7.11 Å². The lowest BCUT2D eigenvalue weighted by molar-refractivity contribution is 0.414. The van der Waals surface area contributed by atoms with Crippen molar-refractivity contribution < 1.29 is 4.74 Å². The molecule has 2 atom stereocenters. The first-order valence-electron chi connectivity index (χ1n) is 10.5. The summed E-state index contributed by atoms with van der Waals surface area (Å²) in [7, 11) is 1.71. The summed E-state index contributed by atoms with van der Waals surface area (Å²) in [6.45, 7) is 4.37. The summed E-state index contributed by atoms with van der Waals surface area (Å²) in [5, 5.41) is 0. The molecular formula is C29H28O. The summed E-state index contributed by atoms with van der Waals surface area (Å²) < 4.78 is 5.42. The first kappa shape index (κ1) is 20.0. The molecule has 0 heterocycles. The van der Waals surface area contributed by atoms with Gasteiger partial charge in [0.25, 0.3) is 0 Å². The van der Waals surface area contributed by atoms with Crippen LogP contribution >= 0.6 is 0 Å². The van der Waals surface area contributed by atoms with E-state index in [1.807, 2.05) is 0 Å². The van der Waals surface area contributed by atoms with E-state index >= 15 is 0 Å². The standard InChI is InChI=1S/C29H28O/c1-21-18-22(2)20-26(19-21)29(24-12-8-5-9-13-24)28(23-10-6-4-7-11-23)25-14-16-27(30-3)17-15-25/h4-20,28-29H,1-3H3/t28-,29-/m0/s1. The number of benzene rings is 4. The highest BCUT2D eigenvalue weighted by atomic mass is 16.5. The SMILES string of the molecule is COc1ccc([C@H](c2ccccc2)[C@@H](c2ccccc2)c2cc(C)cc(C)c2)cc1. The highest BCUT2D eigenvalue weighted by molar-refractivity contribution is 5.47. The molecule has 4 aromatic carbocycles. The summed E-state index contributed by atoms with van der Waals surface area (Å²) in [6, 6.07) is 37.2. The molecule has 4 rings (SSSR count). The number of methoxy groups -OCH3 is 1. The number of rotatable bonds is 6. The Morgan fingerprint density at radius 3 is 1.40 bits per heavy atom. The number of hydrogen-bond acceptors (Lipinski definition) is 1. The molecule has 0 spiro atoms. The van der Waals surface area contributed by atoms with E-state index in [9.17, 15) is 0 Å². The quantitative estimate of drug-likeness (QED) is 0.335. The first-order chi connectivity index (χ1) is 14.7. The predicted molar refractivity (Wildman–Crippen MR) is 125 cm³/mol. The fraction of sp³-hybridized carbons (Fsp3) is 0.172. The molecule has 150 valence electrons. The minimum absolute atomic E-state index is 0.195. The highest BCUT2D eigenvalue weighted by Crippen LogP contribution is 2.43. The zero-order valence-corrected chi connectivity index (χ0v) is 17.9. The largest absolute Gasteiger partial charge is 0.497 e. The lowest BCUT2D eigenvalue weighted by atomic mass is 9.73. The third kappa shape index (κ3) is 4.31. The molecule has 4 aromatic rings. The van der Waals surface area contributed by atoms with Crippen molar-refractivity contribution in [2.45, 2.75) is 25.7 Å². The van der Waals surface area contributed by atoms with Crippen LogP contribution in [0.4, 0.5) is 0 Å². The van der Waals surface area contributed by atoms with Crippen LogP contribution in [0.2, 0.25) is 0 Å². The fourth-order valence-electron chi connectivity index (χ4n) is 4.48. The Hall–Kier alpha value is -3.32. The van der Waals surface area contributed by atoms with Gasteiger partial charge in [-0.25, -0.2) is 0 Å². The predicted octanol–water partition coefficient (Wildman–Crippen LogP) is 7.28. The zero-order valence-electron chi connectivity index (χ0n) is 17.9. The van der Waals surface area contributed by atoms with Gasteiger partial charge in [-0.1, -0.05) is 102 Å². The molecule has 0 unspecified atom stereocenters. The van der Waals surface area contributed by atoms with E-state index in [4.69, 9.17) is 4.74 Å². The Morgan fingerprint density at radius 1 is 0.500 bits per heavy atom. The molecule has 0 bridgehead atoms. The van der Waals surface area contributed by atoms with Crippen molar-refractivity contribution in [3.8, 4) is 5.75 Å². The molecule has 0 aromatic heterocycles. The van der Waals surface area contributed by atoms with E-state index in [2.05, 4.69) is 117 Å². The molecule has 0 amide bonds. The minimum Gasteiger partial charge on any atom is -0.497 e. The Labute approximate surface area is 180 Å². The highest BCUT2D eigenvalue weighted by Gasteiger charge is 2.28. The fourth-order valence-corrected chi connectivity index (χ4v) is 4.48. The van der Waals surface area contributed by atoms with Gasteiger partial charge in [0.15, 0.2) is 0 Å². The summed E-state index contributed by atoms with van der Waals surface area (Å²) in [5.41, 5.74) is 7.88. The van der Waals surface area contributed by atoms with Crippen LogP contribution in [-0.2, 0) is 0 Å². The van der Waals surface area contributed by atoms with Gasteiger partial charge in [-0.2, -0.15) is 0 Å². The molecule has 0 aliphatic rings. The first-order valence-corrected chi connectivity index (χ1v) is 10.5. The molecule has 0 N–H and O–H groups in total. The van der Waals surface area contributed by atoms with Gasteiger partial charge in [0, 0.05) is 11.8 Å². The van der Waals surface area contributed by atoms with Crippen LogP contribution in [0.25, 0.3) is 0 Å². The summed E-state index contributed by atoms with van der Waals surface area (Å²) in [4.78, 5) is 0. The molecule has 0 aliphatic carbocycles. The van der Waals surface area contributed by atoms with E-state index in [0.717, 1.165) is 5.75 Å². The number of aryl methyl sites for hydroxylation is 2. The summed E-state index contributed by atoms with van der Waals surface area (Å²) in [5.74, 6) is 1.29. The number of ether oxygens (including phenoxy) is 1. The van der Waals surface area contributed by atoms with Crippen molar-refractivity contribution >= 4 is 0 Å². The van der Waals surface area contributed by atoms with Crippen molar-refractivity contribution in [2.75, 3.05) is 7.11 Å². The van der Waals surface area contributed by atoms with Gasteiger partial charge in [-0.3, -0.25) is 0 Å². The monoisotopic (exact) mass is 392 g/mol. The van der Waals surface area contributed by atoms with Gasteiger partial charge < -0.3 is 4.74 Å². The van der Waals surface area contributed by atoms with Crippen molar-refractivity contribution in [1.29, 1.82) is 0 Å². The van der Waals surface area contributed by atoms with Crippen LogP contribution in [0.5, 0.6) is 5.75 Å². The second-order valence-corrected chi connectivity index (χ2v) is 7.97. The molecule has 0 saturated heterocycles. The maximum absolute atomic E-state index is 5.42. The third-order valence-corrected chi connectivity index (χ3v) is 5.73. The van der Waals surface area contributed by atoms with Gasteiger partial charge in [0.1, 0.15) is 5.75 Å². The van der Waals surface area contributed by atoms with Crippen LogP contribution in [0.15, 0.2) is 103 Å². The van der Waals surface area contributed by atoms with Crippen LogP contribution in [0, 0.1) is 13.8 Å². The van der Waals surface area contributed by atoms with Gasteiger partial charge in [0.05, 0.1) is 7.11 Å². The molecule has 0 radical (unpaired) electrons. The van der Waals surface area contributed by atoms with E-state index in [-0.39, 0.29) is 11.8 Å². The van der Waals surface area contributed by atoms with E-state index in [1.54, 1.807) is 7.11 Å². The molecule has 0 fully saturated rings. The van der Waals surface area contributed by atoms with E-state index < -0.39 is 0 Å². The van der Waals surface area contributed by atoms with Gasteiger partial charge >= 0.3 is 0 Å². The van der Waals surface area contributed by atoms with Gasteiger partial charge in [0.2, 0.25) is 0 Å². The van der Waals surface area contributed by atoms with Crippen molar-refractivity contribution in [1.82, 2.24) is 0 Å². The topological polar surface area (TPSA) is 9.23 Å². The average molecular weight is 393 g/mol. The van der Waals surface area contributed by atoms with Crippen LogP contribution in [0.1, 0.15) is 45.2 Å².